The minimum absolute atomic E-state index is 0.0368. The summed E-state index contributed by atoms with van der Waals surface area (Å²) in [4.78, 5) is 22.2. The Hall–Kier alpha value is -1.30. The monoisotopic (exact) mass is 232 g/mol. The first-order chi connectivity index (χ1) is 7.60. The normalized spacial score (nSPS) is 11.7. The molecule has 0 aliphatic rings. The van der Waals surface area contributed by atoms with E-state index in [1.807, 2.05) is 13.8 Å². The summed E-state index contributed by atoms with van der Waals surface area (Å²) in [6.45, 7) is 3.88. The quantitative estimate of drug-likeness (QED) is 0.577. The molecule has 0 saturated heterocycles. The molecule has 16 heavy (non-hydrogen) atoms. The highest BCUT2D eigenvalue weighted by Gasteiger charge is 2.06. The lowest BCUT2D eigenvalue weighted by Gasteiger charge is -2.11. The second-order valence-electron chi connectivity index (χ2n) is 3.41. The predicted octanol–water partition coefficient (Wildman–Crippen LogP) is 0.00970. The molecule has 2 amide bonds. The van der Waals surface area contributed by atoms with Gasteiger partial charge < -0.3 is 20.5 Å². The highest BCUT2D eigenvalue weighted by Crippen LogP contribution is 1.89. The summed E-state index contributed by atoms with van der Waals surface area (Å²) in [6.07, 6.45) is 0.474. The van der Waals surface area contributed by atoms with Crippen molar-refractivity contribution < 1.29 is 19.4 Å². The lowest BCUT2D eigenvalue weighted by Crippen LogP contribution is -2.35. The maximum absolute atomic E-state index is 11.3. The molecular weight excluding hydrogens is 212 g/mol. The smallest absolute Gasteiger partial charge is 0.407 e. The fourth-order valence-electron chi connectivity index (χ4n) is 0.917. The third-order valence-electron chi connectivity index (χ3n) is 1.97. The van der Waals surface area contributed by atoms with E-state index in [0.29, 0.717) is 0 Å². The molecule has 0 aliphatic carbocycles. The van der Waals surface area contributed by atoms with E-state index < -0.39 is 6.09 Å². The number of carbonyl (C=O) groups excluding carboxylic acids is 2. The van der Waals surface area contributed by atoms with Crippen molar-refractivity contribution >= 4 is 12.0 Å². The van der Waals surface area contributed by atoms with Crippen molar-refractivity contribution in [1.29, 1.82) is 0 Å². The number of aliphatic hydroxyl groups is 1. The zero-order chi connectivity index (χ0) is 12.4. The van der Waals surface area contributed by atoms with Gasteiger partial charge in [0.2, 0.25) is 5.91 Å². The van der Waals surface area contributed by atoms with Gasteiger partial charge in [0.1, 0.15) is 6.61 Å². The van der Waals surface area contributed by atoms with Crippen LogP contribution in [0.15, 0.2) is 0 Å². The van der Waals surface area contributed by atoms with E-state index >= 15 is 0 Å². The lowest BCUT2D eigenvalue weighted by atomic mass is 10.2. The van der Waals surface area contributed by atoms with Gasteiger partial charge in [-0.2, -0.15) is 0 Å². The molecule has 0 spiro atoms. The number of amides is 2. The number of hydrogen-bond acceptors (Lipinski definition) is 4. The van der Waals surface area contributed by atoms with Crippen LogP contribution in [0.4, 0.5) is 4.79 Å². The summed E-state index contributed by atoms with van der Waals surface area (Å²) in [7, 11) is 0. The molecule has 0 aliphatic heterocycles. The van der Waals surface area contributed by atoms with Crippen molar-refractivity contribution in [2.24, 2.45) is 0 Å². The SMILES string of the molecule is CCC(C)NC(=O)CCNC(=O)OCCO. The van der Waals surface area contributed by atoms with Gasteiger partial charge in [0.25, 0.3) is 0 Å². The Morgan fingerprint density at radius 1 is 1.44 bits per heavy atom. The number of ether oxygens (including phenoxy) is 1. The summed E-state index contributed by atoms with van der Waals surface area (Å²) in [5.41, 5.74) is 0. The van der Waals surface area contributed by atoms with Crippen LogP contribution in [0.3, 0.4) is 0 Å². The summed E-state index contributed by atoms with van der Waals surface area (Å²) in [6, 6.07) is 0.147. The Morgan fingerprint density at radius 3 is 2.69 bits per heavy atom. The first kappa shape index (κ1) is 14.7. The number of carbonyl (C=O) groups is 2. The Balaban J connectivity index is 3.50. The van der Waals surface area contributed by atoms with Crippen LogP contribution in [0.1, 0.15) is 26.7 Å². The van der Waals surface area contributed by atoms with Crippen molar-refractivity contribution in [3.63, 3.8) is 0 Å². The van der Waals surface area contributed by atoms with Crippen molar-refractivity contribution in [3.8, 4) is 0 Å². The van der Waals surface area contributed by atoms with Crippen LogP contribution in [0.2, 0.25) is 0 Å². The molecule has 0 aromatic carbocycles. The molecule has 0 heterocycles. The molecule has 0 rings (SSSR count). The average molecular weight is 232 g/mol. The second-order valence-corrected chi connectivity index (χ2v) is 3.41. The highest BCUT2D eigenvalue weighted by atomic mass is 16.6. The van der Waals surface area contributed by atoms with Crippen LogP contribution in [-0.2, 0) is 9.53 Å². The van der Waals surface area contributed by atoms with Gasteiger partial charge in [0.15, 0.2) is 0 Å². The molecule has 6 heteroatoms. The van der Waals surface area contributed by atoms with Crippen LogP contribution < -0.4 is 10.6 Å². The molecule has 0 bridgehead atoms. The fraction of sp³-hybridized carbons (Fsp3) is 0.800. The minimum atomic E-state index is -0.620. The Morgan fingerprint density at radius 2 is 2.12 bits per heavy atom. The third-order valence-corrected chi connectivity index (χ3v) is 1.97. The van der Waals surface area contributed by atoms with Gasteiger partial charge in [-0.15, -0.1) is 0 Å². The second kappa shape index (κ2) is 8.96. The van der Waals surface area contributed by atoms with Gasteiger partial charge in [-0.25, -0.2) is 4.79 Å². The van der Waals surface area contributed by atoms with Gasteiger partial charge in [-0.3, -0.25) is 4.79 Å². The molecule has 1 atom stereocenters. The molecule has 0 radical (unpaired) electrons. The van der Waals surface area contributed by atoms with Crippen LogP contribution in [0.5, 0.6) is 0 Å². The fourth-order valence-corrected chi connectivity index (χ4v) is 0.917. The maximum atomic E-state index is 11.3. The van der Waals surface area contributed by atoms with Crippen molar-refractivity contribution in [1.82, 2.24) is 10.6 Å². The van der Waals surface area contributed by atoms with Crippen LogP contribution in [-0.4, -0.2) is 42.9 Å². The van der Waals surface area contributed by atoms with Crippen LogP contribution >= 0.6 is 0 Å². The van der Waals surface area contributed by atoms with Crippen LogP contribution in [0, 0.1) is 0 Å². The summed E-state index contributed by atoms with van der Waals surface area (Å²) in [5, 5.41) is 13.6. The summed E-state index contributed by atoms with van der Waals surface area (Å²) < 4.78 is 4.54. The van der Waals surface area contributed by atoms with Crippen molar-refractivity contribution in [2.45, 2.75) is 32.7 Å². The predicted molar refractivity (Wildman–Crippen MR) is 58.9 cm³/mol. The number of rotatable bonds is 7. The first-order valence-electron chi connectivity index (χ1n) is 5.41. The van der Waals surface area contributed by atoms with E-state index in [2.05, 4.69) is 15.4 Å². The van der Waals surface area contributed by atoms with E-state index in [1.54, 1.807) is 0 Å². The molecule has 1 unspecified atom stereocenters. The van der Waals surface area contributed by atoms with E-state index in [-0.39, 0.29) is 38.1 Å². The van der Waals surface area contributed by atoms with Gasteiger partial charge in [-0.1, -0.05) is 6.92 Å². The molecular formula is C10H20N2O4. The standard InChI is InChI=1S/C10H20N2O4/c1-3-8(2)12-9(14)4-5-11-10(15)16-7-6-13/h8,13H,3-7H2,1-2H3,(H,11,15)(H,12,14). The molecule has 3 N–H and O–H groups in total. The highest BCUT2D eigenvalue weighted by molar-refractivity contribution is 5.77. The third kappa shape index (κ3) is 8.05. The topological polar surface area (TPSA) is 87.7 Å². The van der Waals surface area contributed by atoms with E-state index in [4.69, 9.17) is 5.11 Å². The largest absolute Gasteiger partial charge is 0.447 e. The Labute approximate surface area is 95.4 Å². The lowest BCUT2D eigenvalue weighted by molar-refractivity contribution is -0.121. The van der Waals surface area contributed by atoms with Crippen molar-refractivity contribution in [3.05, 3.63) is 0 Å². The zero-order valence-electron chi connectivity index (χ0n) is 9.78. The zero-order valence-corrected chi connectivity index (χ0v) is 9.78. The van der Waals surface area contributed by atoms with Gasteiger partial charge >= 0.3 is 6.09 Å². The average Bonchev–Trinajstić information content (AvgIpc) is 2.26. The molecule has 0 aromatic rings. The summed E-state index contributed by atoms with van der Waals surface area (Å²) >= 11 is 0. The number of alkyl carbamates (subject to hydrolysis) is 1. The van der Waals surface area contributed by atoms with Gasteiger partial charge in [0.05, 0.1) is 6.61 Å². The van der Waals surface area contributed by atoms with E-state index in [0.717, 1.165) is 6.42 Å². The Kier molecular flexibility index (Phi) is 8.24. The first-order valence-corrected chi connectivity index (χ1v) is 5.41. The Bertz CT molecular complexity index is 221. The molecule has 0 fully saturated rings. The van der Waals surface area contributed by atoms with Gasteiger partial charge in [-0.05, 0) is 13.3 Å². The number of hydrogen-bond donors (Lipinski definition) is 3. The maximum Gasteiger partial charge on any atom is 0.407 e. The molecule has 0 aromatic heterocycles. The number of aliphatic hydroxyl groups excluding tert-OH is 1. The number of nitrogens with one attached hydrogen (secondary N) is 2. The molecule has 94 valence electrons. The van der Waals surface area contributed by atoms with Crippen molar-refractivity contribution in [2.75, 3.05) is 19.8 Å². The molecule has 0 saturated carbocycles. The van der Waals surface area contributed by atoms with Gasteiger partial charge in [0, 0.05) is 19.0 Å². The molecule has 6 nitrogen and oxygen atoms in total. The van der Waals surface area contributed by atoms with Crippen LogP contribution in [0.25, 0.3) is 0 Å². The minimum Gasteiger partial charge on any atom is -0.447 e. The van der Waals surface area contributed by atoms with E-state index in [9.17, 15) is 9.59 Å². The summed E-state index contributed by atoms with van der Waals surface area (Å²) in [5.74, 6) is -0.100. The van der Waals surface area contributed by atoms with E-state index in [1.165, 1.54) is 0 Å².